The summed E-state index contributed by atoms with van der Waals surface area (Å²) in [5.41, 5.74) is -1.10. The first-order chi connectivity index (χ1) is 11.4. The summed E-state index contributed by atoms with van der Waals surface area (Å²) in [4.78, 5) is 22.6. The van der Waals surface area contributed by atoms with Crippen molar-refractivity contribution in [3.63, 3.8) is 0 Å². The standard InChI is InChI=1S/C16H27N5O3/c1-16(2,20-12-14(11-19-20)21(23)24)15(22)18-10-9-17-13-7-5-3-4-6-8-13/h11-13,17H,3-10H2,1-2H3,(H,18,22). The number of nitro groups is 1. The van der Waals surface area contributed by atoms with Crippen LogP contribution in [-0.2, 0) is 10.3 Å². The second-order valence-corrected chi connectivity index (χ2v) is 6.86. The zero-order valence-corrected chi connectivity index (χ0v) is 14.5. The van der Waals surface area contributed by atoms with Gasteiger partial charge in [0.15, 0.2) is 0 Å². The first kappa shape index (κ1) is 18.4. The zero-order chi connectivity index (χ0) is 17.6. The largest absolute Gasteiger partial charge is 0.353 e. The SMILES string of the molecule is CC(C)(C(=O)NCCNC1CCCCCC1)n1cc([N+](=O)[O-])cn1. The third-order valence-electron chi connectivity index (χ3n) is 4.61. The molecule has 0 spiro atoms. The number of carbonyl (C=O) groups is 1. The molecule has 1 aromatic rings. The average molecular weight is 337 g/mol. The molecule has 0 radical (unpaired) electrons. The Morgan fingerprint density at radius 2 is 2.00 bits per heavy atom. The van der Waals surface area contributed by atoms with Gasteiger partial charge in [0.2, 0.25) is 5.91 Å². The quantitative estimate of drug-likeness (QED) is 0.343. The van der Waals surface area contributed by atoms with Crippen LogP contribution >= 0.6 is 0 Å². The highest BCUT2D eigenvalue weighted by molar-refractivity contribution is 5.83. The normalized spacial score (nSPS) is 16.6. The molecule has 0 aromatic carbocycles. The van der Waals surface area contributed by atoms with Crippen molar-refractivity contribution in [3.05, 3.63) is 22.5 Å². The van der Waals surface area contributed by atoms with E-state index in [1.54, 1.807) is 13.8 Å². The molecule has 0 aliphatic heterocycles. The van der Waals surface area contributed by atoms with Gasteiger partial charge < -0.3 is 10.6 Å². The molecule has 1 heterocycles. The summed E-state index contributed by atoms with van der Waals surface area (Å²) in [5, 5.41) is 21.1. The van der Waals surface area contributed by atoms with Gasteiger partial charge in [-0.05, 0) is 26.7 Å². The van der Waals surface area contributed by atoms with Gasteiger partial charge in [-0.25, -0.2) is 0 Å². The Morgan fingerprint density at radius 3 is 2.58 bits per heavy atom. The maximum atomic E-state index is 12.4. The molecule has 2 rings (SSSR count). The van der Waals surface area contributed by atoms with Crippen molar-refractivity contribution in [2.24, 2.45) is 0 Å². The van der Waals surface area contributed by atoms with Crippen LogP contribution in [0.3, 0.4) is 0 Å². The van der Waals surface area contributed by atoms with Crippen LogP contribution in [0.25, 0.3) is 0 Å². The number of amides is 1. The van der Waals surface area contributed by atoms with Crippen LogP contribution in [0.5, 0.6) is 0 Å². The Kier molecular flexibility index (Phi) is 6.30. The van der Waals surface area contributed by atoms with Gasteiger partial charge in [0.1, 0.15) is 17.9 Å². The van der Waals surface area contributed by atoms with Crippen LogP contribution in [0.4, 0.5) is 5.69 Å². The average Bonchev–Trinajstić information content (AvgIpc) is 2.91. The number of hydrogen-bond acceptors (Lipinski definition) is 5. The fourth-order valence-corrected chi connectivity index (χ4v) is 2.97. The summed E-state index contributed by atoms with van der Waals surface area (Å²) in [6.45, 7) is 4.64. The lowest BCUT2D eigenvalue weighted by Gasteiger charge is -2.24. The van der Waals surface area contributed by atoms with E-state index in [9.17, 15) is 14.9 Å². The van der Waals surface area contributed by atoms with Crippen LogP contribution in [0.1, 0.15) is 52.4 Å². The first-order valence-electron chi connectivity index (χ1n) is 8.62. The predicted molar refractivity (Wildman–Crippen MR) is 90.7 cm³/mol. The van der Waals surface area contributed by atoms with E-state index in [2.05, 4.69) is 15.7 Å². The number of nitrogens with zero attached hydrogens (tertiary/aromatic N) is 3. The number of rotatable bonds is 7. The van der Waals surface area contributed by atoms with Crippen molar-refractivity contribution < 1.29 is 9.72 Å². The van der Waals surface area contributed by atoms with Crippen LogP contribution < -0.4 is 10.6 Å². The minimum absolute atomic E-state index is 0.120. The minimum atomic E-state index is -0.976. The van der Waals surface area contributed by atoms with E-state index < -0.39 is 10.5 Å². The molecule has 0 saturated heterocycles. The molecule has 24 heavy (non-hydrogen) atoms. The van der Waals surface area contributed by atoms with Crippen molar-refractivity contribution in [1.82, 2.24) is 20.4 Å². The first-order valence-corrected chi connectivity index (χ1v) is 8.62. The highest BCUT2D eigenvalue weighted by Gasteiger charge is 2.31. The third kappa shape index (κ3) is 4.77. The molecule has 8 heteroatoms. The monoisotopic (exact) mass is 337 g/mol. The van der Waals surface area contributed by atoms with Gasteiger partial charge in [-0.2, -0.15) is 5.10 Å². The lowest BCUT2D eigenvalue weighted by molar-refractivity contribution is -0.385. The molecule has 1 aliphatic rings. The summed E-state index contributed by atoms with van der Waals surface area (Å²) in [6, 6.07) is 0.547. The van der Waals surface area contributed by atoms with Crippen molar-refractivity contribution in [3.8, 4) is 0 Å². The van der Waals surface area contributed by atoms with E-state index in [0.717, 1.165) is 12.7 Å². The molecule has 1 fully saturated rings. The Labute approximate surface area is 142 Å². The molecule has 1 aromatic heterocycles. The topological polar surface area (TPSA) is 102 Å². The van der Waals surface area contributed by atoms with Gasteiger partial charge in [0.05, 0.1) is 4.92 Å². The van der Waals surface area contributed by atoms with E-state index in [0.29, 0.717) is 12.6 Å². The molecule has 1 saturated carbocycles. The number of nitrogens with one attached hydrogen (secondary N) is 2. The van der Waals surface area contributed by atoms with Gasteiger partial charge in [-0.15, -0.1) is 0 Å². The summed E-state index contributed by atoms with van der Waals surface area (Å²) in [5.74, 6) is -0.205. The van der Waals surface area contributed by atoms with E-state index in [1.165, 1.54) is 49.4 Å². The second kappa shape index (κ2) is 8.23. The maximum absolute atomic E-state index is 12.4. The van der Waals surface area contributed by atoms with Gasteiger partial charge >= 0.3 is 5.69 Å². The Bertz CT molecular complexity index is 562. The summed E-state index contributed by atoms with van der Waals surface area (Å²) < 4.78 is 1.33. The van der Waals surface area contributed by atoms with E-state index in [-0.39, 0.29) is 11.6 Å². The van der Waals surface area contributed by atoms with Crippen LogP contribution in [0.15, 0.2) is 12.4 Å². The molecular weight excluding hydrogens is 310 g/mol. The number of carbonyl (C=O) groups excluding carboxylic acids is 1. The van der Waals surface area contributed by atoms with Gasteiger partial charge in [-0.3, -0.25) is 19.6 Å². The molecule has 0 bridgehead atoms. The molecule has 1 amide bonds. The van der Waals surface area contributed by atoms with Gasteiger partial charge in [0.25, 0.3) is 0 Å². The summed E-state index contributed by atoms with van der Waals surface area (Å²) in [6.07, 6.45) is 10.0. The van der Waals surface area contributed by atoms with E-state index in [1.807, 2.05) is 0 Å². The Morgan fingerprint density at radius 1 is 1.33 bits per heavy atom. The summed E-state index contributed by atoms with van der Waals surface area (Å²) in [7, 11) is 0. The van der Waals surface area contributed by atoms with Crippen LogP contribution in [0, 0.1) is 10.1 Å². The van der Waals surface area contributed by atoms with Crippen molar-refractivity contribution >= 4 is 11.6 Å². The van der Waals surface area contributed by atoms with Crippen molar-refractivity contribution in [2.45, 2.75) is 64.0 Å². The van der Waals surface area contributed by atoms with Gasteiger partial charge in [0, 0.05) is 19.1 Å². The smallest absolute Gasteiger partial charge is 0.307 e. The van der Waals surface area contributed by atoms with Crippen molar-refractivity contribution in [2.75, 3.05) is 13.1 Å². The molecule has 1 aliphatic carbocycles. The van der Waals surface area contributed by atoms with Crippen LogP contribution in [-0.4, -0.2) is 39.7 Å². The van der Waals surface area contributed by atoms with Gasteiger partial charge in [-0.1, -0.05) is 25.7 Å². The highest BCUT2D eigenvalue weighted by Crippen LogP contribution is 2.19. The fourth-order valence-electron chi connectivity index (χ4n) is 2.97. The minimum Gasteiger partial charge on any atom is -0.353 e. The third-order valence-corrected chi connectivity index (χ3v) is 4.61. The zero-order valence-electron chi connectivity index (χ0n) is 14.5. The predicted octanol–water partition coefficient (Wildman–Crippen LogP) is 1.95. The summed E-state index contributed by atoms with van der Waals surface area (Å²) >= 11 is 0. The Hall–Kier alpha value is -1.96. The maximum Gasteiger partial charge on any atom is 0.307 e. The molecule has 134 valence electrons. The number of aromatic nitrogens is 2. The lowest BCUT2D eigenvalue weighted by Crippen LogP contribution is -2.47. The number of hydrogen-bond donors (Lipinski definition) is 2. The van der Waals surface area contributed by atoms with Crippen LogP contribution in [0.2, 0.25) is 0 Å². The highest BCUT2D eigenvalue weighted by atomic mass is 16.6. The lowest BCUT2D eigenvalue weighted by atomic mass is 10.1. The second-order valence-electron chi connectivity index (χ2n) is 6.86. The molecular formula is C16H27N5O3. The van der Waals surface area contributed by atoms with E-state index >= 15 is 0 Å². The van der Waals surface area contributed by atoms with Crippen molar-refractivity contribution in [1.29, 1.82) is 0 Å². The molecule has 8 nitrogen and oxygen atoms in total. The molecule has 2 N–H and O–H groups in total. The van der Waals surface area contributed by atoms with E-state index in [4.69, 9.17) is 0 Å². The molecule has 0 unspecified atom stereocenters. The fraction of sp³-hybridized carbons (Fsp3) is 0.750. The Balaban J connectivity index is 1.78. The molecule has 0 atom stereocenters.